The second kappa shape index (κ2) is 9.37. The molecule has 1 unspecified atom stereocenters. The van der Waals surface area contributed by atoms with Crippen LogP contribution in [0.25, 0.3) is 11.4 Å². The van der Waals surface area contributed by atoms with E-state index >= 15 is 0 Å². The smallest absolute Gasteiger partial charge is 0.165 e. The van der Waals surface area contributed by atoms with Crippen LogP contribution in [0.1, 0.15) is 37.1 Å². The molecule has 1 saturated heterocycles. The highest BCUT2D eigenvalue weighted by atomic mass is 35.5. The molecule has 1 aliphatic carbocycles. The van der Waals surface area contributed by atoms with Crippen molar-refractivity contribution in [1.29, 1.82) is 0 Å². The molecule has 0 amide bonds. The van der Waals surface area contributed by atoms with Gasteiger partial charge in [0.15, 0.2) is 5.82 Å². The Balaban J connectivity index is 0.00000136. The Hall–Kier alpha value is -1.79. The molecule has 0 spiro atoms. The van der Waals surface area contributed by atoms with Crippen molar-refractivity contribution in [2.24, 2.45) is 7.05 Å². The van der Waals surface area contributed by atoms with Crippen LogP contribution in [-0.2, 0) is 12.5 Å². The van der Waals surface area contributed by atoms with E-state index in [4.69, 9.17) is 11.6 Å². The van der Waals surface area contributed by atoms with Crippen LogP contribution >= 0.6 is 36.4 Å². The molecular weight excluding hydrogens is 455 g/mol. The predicted octanol–water partition coefficient (Wildman–Crippen LogP) is 5.02. The van der Waals surface area contributed by atoms with Gasteiger partial charge in [-0.3, -0.25) is 0 Å². The van der Waals surface area contributed by atoms with Crippen LogP contribution in [0.5, 0.6) is 0 Å². The van der Waals surface area contributed by atoms with Crippen molar-refractivity contribution in [2.75, 3.05) is 18.0 Å². The number of anilines is 1. The van der Waals surface area contributed by atoms with Gasteiger partial charge in [0.25, 0.3) is 0 Å². The normalized spacial score (nSPS) is 19.3. The van der Waals surface area contributed by atoms with Crippen molar-refractivity contribution in [2.45, 2.75) is 37.2 Å². The number of hydrogen-bond donors (Lipinski definition) is 1. The van der Waals surface area contributed by atoms with Gasteiger partial charge in [0, 0.05) is 31.4 Å². The fraction of sp³-hybridized carbons (Fsp3) is 0.391. The van der Waals surface area contributed by atoms with E-state index < -0.39 is 0 Å². The zero-order chi connectivity index (χ0) is 20.0. The van der Waals surface area contributed by atoms with E-state index in [0.29, 0.717) is 11.6 Å². The van der Waals surface area contributed by atoms with Crippen molar-refractivity contribution in [3.8, 4) is 11.4 Å². The number of halogens is 3. The van der Waals surface area contributed by atoms with Gasteiger partial charge < -0.3 is 14.6 Å². The molecule has 5 rings (SSSR count). The standard InChI is InChI=1S/C23H25ClN4O.2ClH/c1-27-21(25-26-22(27)23(11-12-23)16-6-3-2-4-7-16)19-10-9-17(14-20(19)24)28-13-5-8-18(29)15-28;;/h2-4,6-7,9-10,14,18,29H,5,8,11-13,15H2,1H3;2*1H. The third-order valence-corrected chi connectivity index (χ3v) is 6.65. The second-order valence-corrected chi connectivity index (χ2v) is 8.67. The third kappa shape index (κ3) is 4.29. The van der Waals surface area contributed by atoms with Crippen LogP contribution in [-0.4, -0.2) is 39.1 Å². The van der Waals surface area contributed by atoms with Crippen LogP contribution in [0.3, 0.4) is 0 Å². The number of nitrogens with zero attached hydrogens (tertiary/aromatic N) is 4. The first-order chi connectivity index (χ1) is 14.1. The Morgan fingerprint density at radius 2 is 1.81 bits per heavy atom. The highest BCUT2D eigenvalue weighted by Gasteiger charge is 2.49. The molecule has 2 aliphatic rings. The first kappa shape index (κ1) is 23.9. The molecule has 1 saturated carbocycles. The summed E-state index contributed by atoms with van der Waals surface area (Å²) in [6.45, 7) is 1.60. The molecule has 1 aromatic heterocycles. The minimum Gasteiger partial charge on any atom is -0.391 e. The summed E-state index contributed by atoms with van der Waals surface area (Å²) in [4.78, 5) is 2.19. The summed E-state index contributed by atoms with van der Waals surface area (Å²) < 4.78 is 2.09. The van der Waals surface area contributed by atoms with Crippen LogP contribution in [0.2, 0.25) is 5.02 Å². The molecule has 3 aromatic rings. The highest BCUT2D eigenvalue weighted by Crippen LogP contribution is 2.53. The summed E-state index contributed by atoms with van der Waals surface area (Å²) in [6.07, 6.45) is 3.78. The summed E-state index contributed by atoms with van der Waals surface area (Å²) in [6, 6.07) is 16.6. The average molecular weight is 482 g/mol. The molecule has 2 fully saturated rings. The Morgan fingerprint density at radius 1 is 1.06 bits per heavy atom. The van der Waals surface area contributed by atoms with Gasteiger partial charge >= 0.3 is 0 Å². The summed E-state index contributed by atoms with van der Waals surface area (Å²) in [5.41, 5.74) is 3.20. The lowest BCUT2D eigenvalue weighted by atomic mass is 9.95. The number of hydrogen-bond acceptors (Lipinski definition) is 4. The average Bonchev–Trinajstić information content (AvgIpc) is 3.45. The lowest BCUT2D eigenvalue weighted by Gasteiger charge is -2.32. The molecule has 1 N–H and O–H groups in total. The van der Waals surface area contributed by atoms with Crippen LogP contribution < -0.4 is 4.90 Å². The van der Waals surface area contributed by atoms with E-state index in [9.17, 15) is 5.11 Å². The van der Waals surface area contributed by atoms with Crippen molar-refractivity contribution >= 4 is 42.1 Å². The molecular formula is C23H27Cl3N4O. The van der Waals surface area contributed by atoms with Gasteiger partial charge in [-0.15, -0.1) is 35.0 Å². The van der Waals surface area contributed by atoms with Gasteiger partial charge in [0.2, 0.25) is 0 Å². The zero-order valence-corrected chi connectivity index (χ0v) is 19.8. The number of piperidine rings is 1. The minimum atomic E-state index is -0.267. The molecule has 2 aromatic carbocycles. The molecule has 31 heavy (non-hydrogen) atoms. The van der Waals surface area contributed by atoms with Crippen molar-refractivity contribution < 1.29 is 5.11 Å². The maximum absolute atomic E-state index is 9.96. The quantitative estimate of drug-likeness (QED) is 0.568. The fourth-order valence-electron chi connectivity index (χ4n) is 4.58. The minimum absolute atomic E-state index is 0. The van der Waals surface area contributed by atoms with Crippen LogP contribution in [0.4, 0.5) is 5.69 Å². The Bertz CT molecular complexity index is 1040. The molecule has 8 heteroatoms. The Morgan fingerprint density at radius 3 is 2.45 bits per heavy atom. The molecule has 0 radical (unpaired) electrons. The maximum atomic E-state index is 9.96. The van der Waals surface area contributed by atoms with Gasteiger partial charge in [-0.2, -0.15) is 0 Å². The summed E-state index contributed by atoms with van der Waals surface area (Å²) in [5, 5.41) is 19.7. The van der Waals surface area contributed by atoms with E-state index in [1.165, 1.54) is 5.56 Å². The van der Waals surface area contributed by atoms with Crippen molar-refractivity contribution in [3.05, 3.63) is 64.9 Å². The predicted molar refractivity (Wildman–Crippen MR) is 130 cm³/mol. The highest BCUT2D eigenvalue weighted by molar-refractivity contribution is 6.33. The summed E-state index contributed by atoms with van der Waals surface area (Å²) in [5.74, 6) is 1.79. The zero-order valence-electron chi connectivity index (χ0n) is 17.4. The van der Waals surface area contributed by atoms with Gasteiger partial charge in [-0.25, -0.2) is 0 Å². The largest absolute Gasteiger partial charge is 0.391 e. The number of rotatable bonds is 4. The summed E-state index contributed by atoms with van der Waals surface area (Å²) in [7, 11) is 2.03. The molecule has 5 nitrogen and oxygen atoms in total. The van der Waals surface area contributed by atoms with Gasteiger partial charge in [0.05, 0.1) is 16.5 Å². The van der Waals surface area contributed by atoms with Crippen LogP contribution in [0, 0.1) is 0 Å². The number of aliphatic hydroxyl groups is 1. The van der Waals surface area contributed by atoms with E-state index in [1.54, 1.807) is 0 Å². The number of aliphatic hydroxyl groups excluding tert-OH is 1. The topological polar surface area (TPSA) is 54.2 Å². The van der Waals surface area contributed by atoms with Gasteiger partial charge in [0.1, 0.15) is 5.82 Å². The monoisotopic (exact) mass is 480 g/mol. The molecule has 0 bridgehead atoms. The van der Waals surface area contributed by atoms with Gasteiger partial charge in [-0.05, 0) is 49.4 Å². The molecule has 1 atom stereocenters. The Labute approximate surface area is 200 Å². The third-order valence-electron chi connectivity index (χ3n) is 6.33. The lowest BCUT2D eigenvalue weighted by Crippen LogP contribution is -2.38. The van der Waals surface area contributed by atoms with E-state index in [0.717, 1.165) is 55.1 Å². The van der Waals surface area contributed by atoms with Crippen molar-refractivity contribution in [1.82, 2.24) is 14.8 Å². The number of β-amino-alcohol motifs (C(OH)–C–C–N with tert-alkyl or cyclic N) is 1. The first-order valence-corrected chi connectivity index (χ1v) is 10.6. The molecule has 2 heterocycles. The first-order valence-electron chi connectivity index (χ1n) is 10.3. The van der Waals surface area contributed by atoms with E-state index in [-0.39, 0.29) is 36.3 Å². The lowest BCUT2D eigenvalue weighted by molar-refractivity contribution is 0.154. The summed E-state index contributed by atoms with van der Waals surface area (Å²) >= 11 is 6.68. The van der Waals surface area contributed by atoms with E-state index in [1.807, 2.05) is 25.2 Å². The van der Waals surface area contributed by atoms with Crippen LogP contribution in [0.15, 0.2) is 48.5 Å². The fourth-order valence-corrected chi connectivity index (χ4v) is 4.83. The molecule has 1 aliphatic heterocycles. The van der Waals surface area contributed by atoms with E-state index in [2.05, 4.69) is 50.0 Å². The second-order valence-electron chi connectivity index (χ2n) is 8.26. The SMILES string of the molecule is Cl.Cl.Cn1c(-c2ccc(N3CCCC(O)C3)cc2Cl)nnc1C1(c2ccccc2)CC1. The number of benzene rings is 2. The molecule has 166 valence electrons. The maximum Gasteiger partial charge on any atom is 0.165 e. The Kier molecular flexibility index (Phi) is 7.21. The van der Waals surface area contributed by atoms with Gasteiger partial charge in [-0.1, -0.05) is 41.9 Å². The van der Waals surface area contributed by atoms with Crippen molar-refractivity contribution in [3.63, 3.8) is 0 Å². The number of aromatic nitrogens is 3.